The molecule has 0 aliphatic carbocycles. The molecule has 0 spiro atoms. The van der Waals surface area contributed by atoms with Crippen LogP contribution in [0.4, 0.5) is 0 Å². The predicted octanol–water partition coefficient (Wildman–Crippen LogP) is 1.54. The van der Waals surface area contributed by atoms with E-state index in [0.717, 1.165) is 0 Å². The third kappa shape index (κ3) is 7.52. The lowest BCUT2D eigenvalue weighted by Gasteiger charge is -2.34. The van der Waals surface area contributed by atoms with Gasteiger partial charge in [0.05, 0.1) is 26.2 Å². The monoisotopic (exact) mass is 193 g/mol. The van der Waals surface area contributed by atoms with Crippen molar-refractivity contribution in [1.29, 1.82) is 0 Å². The van der Waals surface area contributed by atoms with Crippen LogP contribution >= 0.6 is 0 Å². The molecule has 80 valence electrons. The van der Waals surface area contributed by atoms with Gasteiger partial charge in [-0.05, 0) is 27.7 Å². The maximum absolute atomic E-state index is 8.36. The second-order valence-electron chi connectivity index (χ2n) is 2.84. The highest BCUT2D eigenvalue weighted by Gasteiger charge is 2.16. The van der Waals surface area contributed by atoms with Gasteiger partial charge in [-0.2, -0.15) is 0 Å². The summed E-state index contributed by atoms with van der Waals surface area (Å²) in [5.41, 5.74) is 0. The predicted molar refractivity (Wildman–Crippen MR) is 51.2 cm³/mol. The molecule has 0 rings (SSSR count). The molecule has 0 heterocycles. The molecule has 5 heteroatoms. The highest BCUT2D eigenvalue weighted by atomic mass is 16.9. The summed E-state index contributed by atoms with van der Waals surface area (Å²) in [4.78, 5) is 8.36. The van der Waals surface area contributed by atoms with Crippen LogP contribution in [0.15, 0.2) is 0 Å². The van der Waals surface area contributed by atoms with E-state index < -0.39 is 5.09 Å². The van der Waals surface area contributed by atoms with Crippen LogP contribution < -0.4 is 0 Å². The molecule has 0 saturated carbocycles. The lowest BCUT2D eigenvalue weighted by molar-refractivity contribution is -0.921. The number of hydrogen-bond acceptors (Lipinski definition) is 2. The van der Waals surface area contributed by atoms with Crippen LogP contribution in [0.2, 0.25) is 0 Å². The van der Waals surface area contributed by atoms with Crippen molar-refractivity contribution in [3.8, 4) is 0 Å². The molecule has 0 atom stereocenters. The van der Waals surface area contributed by atoms with Gasteiger partial charge in [0.15, 0.2) is 0 Å². The maximum atomic E-state index is 8.36. The van der Waals surface area contributed by atoms with E-state index in [1.165, 1.54) is 30.7 Å². The molecule has 0 aliphatic heterocycles. The molecule has 0 aliphatic rings. The Balaban J connectivity index is 0. The normalized spacial score (nSPS) is 10.2. The van der Waals surface area contributed by atoms with E-state index in [9.17, 15) is 0 Å². The van der Waals surface area contributed by atoms with Crippen molar-refractivity contribution < 1.29 is 14.8 Å². The van der Waals surface area contributed by atoms with Gasteiger partial charge in [0, 0.05) is 0 Å². The minimum atomic E-state index is -1.50. The van der Waals surface area contributed by atoms with Gasteiger partial charge in [-0.25, -0.2) is 0 Å². The van der Waals surface area contributed by atoms with E-state index >= 15 is 0 Å². The van der Waals surface area contributed by atoms with Crippen molar-refractivity contribution in [3.63, 3.8) is 0 Å². The second kappa shape index (κ2) is 7.79. The lowest BCUT2D eigenvalue weighted by atomic mass is 10.3. The molecule has 0 aromatic rings. The van der Waals surface area contributed by atoms with Gasteiger partial charge in [-0.3, -0.25) is 0 Å². The number of rotatable bonds is 4. The third-order valence-electron chi connectivity index (χ3n) is 2.68. The SMILES string of the molecule is CC[N+](CC)(CC)CC.O=[N+]([O-])O. The Bertz CT molecular complexity index is 114. The fraction of sp³-hybridized carbons (Fsp3) is 1.00. The van der Waals surface area contributed by atoms with E-state index in [1.54, 1.807) is 0 Å². The highest BCUT2D eigenvalue weighted by Crippen LogP contribution is 2.03. The Kier molecular flexibility index (Phi) is 8.79. The Hall–Kier alpha value is -0.840. The van der Waals surface area contributed by atoms with Crippen LogP contribution in [0.3, 0.4) is 0 Å². The average Bonchev–Trinajstić information content (AvgIpc) is 2.09. The Labute approximate surface area is 79.7 Å². The standard InChI is InChI=1S/C8H20N.HNO3/c1-5-9(6-2,7-3)8-4;2-1(3)4/h5-8H2,1-4H3;(H,2,3,4)/q+1;. The number of hydrogen-bond donors (Lipinski definition) is 1. The Morgan fingerprint density at radius 2 is 1.23 bits per heavy atom. The molecule has 0 aromatic carbocycles. The van der Waals surface area contributed by atoms with E-state index in [0.29, 0.717) is 0 Å². The van der Waals surface area contributed by atoms with Gasteiger partial charge >= 0.3 is 0 Å². The fourth-order valence-electron chi connectivity index (χ4n) is 1.34. The molecule has 1 N–H and O–H groups in total. The summed E-state index contributed by atoms with van der Waals surface area (Å²) in [6.07, 6.45) is 0. The average molecular weight is 193 g/mol. The first kappa shape index (κ1) is 14.7. The zero-order chi connectivity index (χ0) is 10.9. The van der Waals surface area contributed by atoms with Crippen molar-refractivity contribution in [3.05, 3.63) is 10.1 Å². The van der Waals surface area contributed by atoms with Crippen molar-refractivity contribution in [2.75, 3.05) is 26.2 Å². The summed E-state index contributed by atoms with van der Waals surface area (Å²) in [6.45, 7) is 14.2. The molecule has 5 nitrogen and oxygen atoms in total. The van der Waals surface area contributed by atoms with Crippen LogP contribution in [0.1, 0.15) is 27.7 Å². The van der Waals surface area contributed by atoms with Gasteiger partial charge in [0.1, 0.15) is 0 Å². The first-order valence-corrected chi connectivity index (χ1v) is 4.66. The molecule has 0 radical (unpaired) electrons. The topological polar surface area (TPSA) is 63.4 Å². The summed E-state index contributed by atoms with van der Waals surface area (Å²) in [5, 5.41) is 13.6. The minimum absolute atomic E-state index is 1.28. The fourth-order valence-corrected chi connectivity index (χ4v) is 1.34. The maximum Gasteiger partial charge on any atom is 0.291 e. The van der Waals surface area contributed by atoms with Crippen molar-refractivity contribution >= 4 is 0 Å². The first-order chi connectivity index (χ1) is 5.97. The van der Waals surface area contributed by atoms with Crippen LogP contribution in [0.25, 0.3) is 0 Å². The summed E-state index contributed by atoms with van der Waals surface area (Å²) < 4.78 is 1.28. The number of quaternary nitrogens is 1. The Morgan fingerprint density at radius 3 is 1.23 bits per heavy atom. The lowest BCUT2D eigenvalue weighted by Crippen LogP contribution is -2.47. The zero-order valence-electron chi connectivity index (χ0n) is 8.99. The number of nitrogens with zero attached hydrogens (tertiary/aromatic N) is 2. The highest BCUT2D eigenvalue weighted by molar-refractivity contribution is 4.31. The molecular weight excluding hydrogens is 172 g/mol. The third-order valence-corrected chi connectivity index (χ3v) is 2.68. The molecule has 0 saturated heterocycles. The molecular formula is C8H21N2O3+. The van der Waals surface area contributed by atoms with Crippen LogP contribution in [-0.4, -0.2) is 41.0 Å². The van der Waals surface area contributed by atoms with Gasteiger partial charge < -0.3 is 9.69 Å². The van der Waals surface area contributed by atoms with E-state index in [2.05, 4.69) is 27.7 Å². The van der Waals surface area contributed by atoms with Gasteiger partial charge in [-0.15, -0.1) is 10.1 Å². The largest absolute Gasteiger partial charge is 0.328 e. The molecule has 0 bridgehead atoms. The van der Waals surface area contributed by atoms with Crippen LogP contribution in [0, 0.1) is 10.1 Å². The molecule has 13 heavy (non-hydrogen) atoms. The van der Waals surface area contributed by atoms with Gasteiger partial charge in [0.2, 0.25) is 0 Å². The smallest absolute Gasteiger partial charge is 0.291 e. The summed E-state index contributed by atoms with van der Waals surface area (Å²) >= 11 is 0. The van der Waals surface area contributed by atoms with Crippen LogP contribution in [0.5, 0.6) is 0 Å². The quantitative estimate of drug-likeness (QED) is 0.418. The van der Waals surface area contributed by atoms with Gasteiger partial charge in [0.25, 0.3) is 5.09 Å². The van der Waals surface area contributed by atoms with E-state index in [1.807, 2.05) is 0 Å². The Morgan fingerprint density at radius 1 is 1.08 bits per heavy atom. The summed E-state index contributed by atoms with van der Waals surface area (Å²) in [7, 11) is 0. The molecule has 0 fully saturated rings. The molecule has 0 unspecified atom stereocenters. The molecule has 0 amide bonds. The van der Waals surface area contributed by atoms with Crippen molar-refractivity contribution in [2.24, 2.45) is 0 Å². The summed E-state index contributed by atoms with van der Waals surface area (Å²) in [6, 6.07) is 0. The van der Waals surface area contributed by atoms with Crippen molar-refractivity contribution in [2.45, 2.75) is 27.7 Å². The first-order valence-electron chi connectivity index (χ1n) is 4.66. The van der Waals surface area contributed by atoms with E-state index in [-0.39, 0.29) is 0 Å². The van der Waals surface area contributed by atoms with Gasteiger partial charge in [-0.1, -0.05) is 0 Å². The molecule has 0 aromatic heterocycles. The second-order valence-corrected chi connectivity index (χ2v) is 2.84. The summed E-state index contributed by atoms with van der Waals surface area (Å²) in [5.74, 6) is 0. The minimum Gasteiger partial charge on any atom is -0.328 e. The zero-order valence-corrected chi connectivity index (χ0v) is 8.99. The van der Waals surface area contributed by atoms with Crippen molar-refractivity contribution in [1.82, 2.24) is 0 Å². The van der Waals surface area contributed by atoms with Crippen LogP contribution in [-0.2, 0) is 0 Å². The van der Waals surface area contributed by atoms with E-state index in [4.69, 9.17) is 15.3 Å².